The number of primary sulfonamides is 1. The number of amides is 1. The summed E-state index contributed by atoms with van der Waals surface area (Å²) in [4.78, 5) is 12.3. The molecule has 0 aliphatic rings. The average Bonchev–Trinajstić information content (AvgIpc) is 2.48. The SMILES string of the molecule is COc1cccc(NC(=O)c2cc(C)c(C)c(S(N)(=O)=O)c2)c1. The van der Waals surface area contributed by atoms with Crippen LogP contribution in [0.15, 0.2) is 41.3 Å². The molecule has 0 spiro atoms. The van der Waals surface area contributed by atoms with Gasteiger partial charge in [0, 0.05) is 17.3 Å². The molecule has 0 aromatic heterocycles. The number of sulfonamides is 1. The van der Waals surface area contributed by atoms with Crippen molar-refractivity contribution in [2.75, 3.05) is 12.4 Å². The fourth-order valence-electron chi connectivity index (χ4n) is 2.16. The van der Waals surface area contributed by atoms with Crippen molar-refractivity contribution in [2.24, 2.45) is 5.14 Å². The minimum Gasteiger partial charge on any atom is -0.497 e. The van der Waals surface area contributed by atoms with E-state index in [1.807, 2.05) is 0 Å². The molecule has 0 bridgehead atoms. The summed E-state index contributed by atoms with van der Waals surface area (Å²) in [6, 6.07) is 9.78. The van der Waals surface area contributed by atoms with Crippen LogP contribution in [-0.4, -0.2) is 21.4 Å². The lowest BCUT2D eigenvalue weighted by Crippen LogP contribution is -2.17. The number of nitrogens with two attached hydrogens (primary N) is 1. The molecular formula is C16H18N2O4S. The molecule has 0 aliphatic carbocycles. The summed E-state index contributed by atoms with van der Waals surface area (Å²) in [6.07, 6.45) is 0. The van der Waals surface area contributed by atoms with E-state index < -0.39 is 15.9 Å². The molecule has 0 saturated heterocycles. The minimum atomic E-state index is -3.90. The zero-order chi connectivity index (χ0) is 17.2. The maximum atomic E-state index is 12.4. The molecule has 0 saturated carbocycles. The summed E-state index contributed by atoms with van der Waals surface area (Å²) in [7, 11) is -2.37. The highest BCUT2D eigenvalue weighted by Crippen LogP contribution is 2.22. The van der Waals surface area contributed by atoms with Crippen LogP contribution in [-0.2, 0) is 10.0 Å². The van der Waals surface area contributed by atoms with Crippen molar-refractivity contribution in [3.05, 3.63) is 53.1 Å². The third-order valence-electron chi connectivity index (χ3n) is 3.52. The molecule has 2 aromatic rings. The minimum absolute atomic E-state index is 0.0479. The van der Waals surface area contributed by atoms with Crippen LogP contribution in [0.4, 0.5) is 5.69 Å². The number of anilines is 1. The number of aryl methyl sites for hydroxylation is 1. The lowest BCUT2D eigenvalue weighted by Gasteiger charge is -2.11. The Morgan fingerprint density at radius 1 is 1.17 bits per heavy atom. The van der Waals surface area contributed by atoms with Gasteiger partial charge in [0.1, 0.15) is 5.75 Å². The molecule has 23 heavy (non-hydrogen) atoms. The van der Waals surface area contributed by atoms with Gasteiger partial charge in [-0.1, -0.05) is 6.07 Å². The number of hydrogen-bond acceptors (Lipinski definition) is 4. The van der Waals surface area contributed by atoms with Gasteiger partial charge in [0.05, 0.1) is 12.0 Å². The molecular weight excluding hydrogens is 316 g/mol. The summed E-state index contributed by atoms with van der Waals surface area (Å²) in [5, 5.41) is 7.91. The molecule has 0 fully saturated rings. The van der Waals surface area contributed by atoms with E-state index in [2.05, 4.69) is 5.32 Å². The van der Waals surface area contributed by atoms with Gasteiger partial charge in [0.25, 0.3) is 5.91 Å². The van der Waals surface area contributed by atoms with Crippen LogP contribution in [0.2, 0.25) is 0 Å². The largest absolute Gasteiger partial charge is 0.497 e. The Balaban J connectivity index is 2.38. The van der Waals surface area contributed by atoms with E-state index in [4.69, 9.17) is 9.88 Å². The van der Waals surface area contributed by atoms with Crippen molar-refractivity contribution in [1.29, 1.82) is 0 Å². The van der Waals surface area contributed by atoms with Gasteiger partial charge < -0.3 is 10.1 Å². The Bertz CT molecular complexity index is 860. The fraction of sp³-hybridized carbons (Fsp3) is 0.188. The van der Waals surface area contributed by atoms with Gasteiger partial charge in [-0.05, 0) is 49.2 Å². The molecule has 3 N–H and O–H groups in total. The van der Waals surface area contributed by atoms with Crippen LogP contribution in [0.5, 0.6) is 5.75 Å². The molecule has 2 aromatic carbocycles. The molecule has 0 unspecified atom stereocenters. The second-order valence-corrected chi connectivity index (χ2v) is 6.68. The molecule has 1 amide bonds. The van der Waals surface area contributed by atoms with Crippen molar-refractivity contribution in [3.8, 4) is 5.75 Å². The standard InChI is InChI=1S/C16H18N2O4S/c1-10-7-12(8-15(11(10)2)23(17,20)21)16(19)18-13-5-4-6-14(9-13)22-3/h4-9H,1-3H3,(H,18,19)(H2,17,20,21). The molecule has 0 aliphatic heterocycles. The summed E-state index contributed by atoms with van der Waals surface area (Å²) in [6.45, 7) is 3.38. The third kappa shape index (κ3) is 3.88. The highest BCUT2D eigenvalue weighted by molar-refractivity contribution is 7.89. The first kappa shape index (κ1) is 17.0. The van der Waals surface area contributed by atoms with E-state index in [0.717, 1.165) is 0 Å². The lowest BCUT2D eigenvalue weighted by molar-refractivity contribution is 0.102. The number of benzene rings is 2. The van der Waals surface area contributed by atoms with Gasteiger partial charge in [0.15, 0.2) is 0 Å². The average molecular weight is 334 g/mol. The number of rotatable bonds is 4. The van der Waals surface area contributed by atoms with Gasteiger partial charge in [-0.15, -0.1) is 0 Å². The van der Waals surface area contributed by atoms with E-state index in [9.17, 15) is 13.2 Å². The molecule has 122 valence electrons. The maximum absolute atomic E-state index is 12.4. The molecule has 2 rings (SSSR count). The number of carbonyl (C=O) groups is 1. The second kappa shape index (κ2) is 6.39. The predicted octanol–water partition coefficient (Wildman–Crippen LogP) is 2.21. The van der Waals surface area contributed by atoms with Crippen LogP contribution >= 0.6 is 0 Å². The van der Waals surface area contributed by atoms with E-state index in [1.165, 1.54) is 13.2 Å². The normalized spacial score (nSPS) is 11.1. The van der Waals surface area contributed by atoms with Crippen LogP contribution in [0.3, 0.4) is 0 Å². The Labute approximate surface area is 135 Å². The quantitative estimate of drug-likeness (QED) is 0.895. The van der Waals surface area contributed by atoms with Gasteiger partial charge in [0.2, 0.25) is 10.0 Å². The number of ether oxygens (including phenoxy) is 1. The smallest absolute Gasteiger partial charge is 0.255 e. The van der Waals surface area contributed by atoms with E-state index in [0.29, 0.717) is 22.6 Å². The van der Waals surface area contributed by atoms with E-state index >= 15 is 0 Å². The molecule has 7 heteroatoms. The highest BCUT2D eigenvalue weighted by Gasteiger charge is 2.17. The number of methoxy groups -OCH3 is 1. The topological polar surface area (TPSA) is 98.5 Å². The van der Waals surface area contributed by atoms with Crippen LogP contribution in [0, 0.1) is 13.8 Å². The highest BCUT2D eigenvalue weighted by atomic mass is 32.2. The maximum Gasteiger partial charge on any atom is 0.255 e. The first-order chi connectivity index (χ1) is 10.7. The lowest BCUT2D eigenvalue weighted by atomic mass is 10.1. The Kier molecular flexibility index (Phi) is 4.72. The zero-order valence-electron chi connectivity index (χ0n) is 13.1. The van der Waals surface area contributed by atoms with E-state index in [-0.39, 0.29) is 10.5 Å². The second-order valence-electron chi connectivity index (χ2n) is 5.15. The van der Waals surface area contributed by atoms with Gasteiger partial charge in [-0.3, -0.25) is 4.79 Å². The van der Waals surface area contributed by atoms with Crippen LogP contribution in [0.1, 0.15) is 21.5 Å². The first-order valence-electron chi connectivity index (χ1n) is 6.82. The third-order valence-corrected chi connectivity index (χ3v) is 4.55. The monoisotopic (exact) mass is 334 g/mol. The number of nitrogens with one attached hydrogen (secondary N) is 1. The Hall–Kier alpha value is -2.38. The van der Waals surface area contributed by atoms with Crippen molar-refractivity contribution in [2.45, 2.75) is 18.7 Å². The fourth-order valence-corrected chi connectivity index (χ4v) is 3.04. The van der Waals surface area contributed by atoms with Gasteiger partial charge in [-0.2, -0.15) is 0 Å². The zero-order valence-corrected chi connectivity index (χ0v) is 13.9. The predicted molar refractivity (Wildman–Crippen MR) is 88.2 cm³/mol. The van der Waals surface area contributed by atoms with Crippen molar-refractivity contribution >= 4 is 21.6 Å². The van der Waals surface area contributed by atoms with Gasteiger partial charge >= 0.3 is 0 Å². The Morgan fingerprint density at radius 3 is 2.48 bits per heavy atom. The molecule has 0 heterocycles. The van der Waals surface area contributed by atoms with Crippen molar-refractivity contribution in [3.63, 3.8) is 0 Å². The number of carbonyl (C=O) groups excluding carboxylic acids is 1. The van der Waals surface area contributed by atoms with Crippen molar-refractivity contribution in [1.82, 2.24) is 0 Å². The summed E-state index contributed by atoms with van der Waals surface area (Å²) in [5.74, 6) is 0.180. The summed E-state index contributed by atoms with van der Waals surface area (Å²) >= 11 is 0. The van der Waals surface area contributed by atoms with Crippen LogP contribution in [0.25, 0.3) is 0 Å². The van der Waals surface area contributed by atoms with E-state index in [1.54, 1.807) is 44.2 Å². The molecule has 0 radical (unpaired) electrons. The Morgan fingerprint density at radius 2 is 1.87 bits per heavy atom. The van der Waals surface area contributed by atoms with Gasteiger partial charge in [-0.25, -0.2) is 13.6 Å². The van der Waals surface area contributed by atoms with Crippen molar-refractivity contribution < 1.29 is 17.9 Å². The summed E-state index contributed by atoms with van der Waals surface area (Å²) in [5.41, 5.74) is 1.97. The van der Waals surface area contributed by atoms with Crippen LogP contribution < -0.4 is 15.2 Å². The molecule has 6 nitrogen and oxygen atoms in total. The first-order valence-corrected chi connectivity index (χ1v) is 8.36. The number of hydrogen-bond donors (Lipinski definition) is 2. The summed E-state index contributed by atoms with van der Waals surface area (Å²) < 4.78 is 28.4. The molecule has 0 atom stereocenters.